The quantitative estimate of drug-likeness (QED) is 0.393. The minimum Gasteiger partial charge on any atom is -0.313 e. The molecule has 0 saturated carbocycles. The lowest BCUT2D eigenvalue weighted by Gasteiger charge is -2.36. The van der Waals surface area contributed by atoms with Crippen LogP contribution in [0, 0.1) is 10.1 Å². The Bertz CT molecular complexity index is 1260. The van der Waals surface area contributed by atoms with Crippen LogP contribution in [0.2, 0.25) is 0 Å². The van der Waals surface area contributed by atoms with E-state index in [0.29, 0.717) is 29.8 Å². The molecule has 3 aromatic rings. The molecule has 164 valence electrons. The van der Waals surface area contributed by atoms with Gasteiger partial charge in [-0.2, -0.15) is 0 Å². The molecule has 1 aliphatic rings. The van der Waals surface area contributed by atoms with E-state index < -0.39 is 21.1 Å². The number of sulfonamides is 1. The molecule has 0 N–H and O–H groups in total. The van der Waals surface area contributed by atoms with Gasteiger partial charge in [0.1, 0.15) is 6.17 Å². The number of anilines is 1. The molecule has 1 amide bonds. The van der Waals surface area contributed by atoms with Crippen molar-refractivity contribution in [1.29, 1.82) is 0 Å². The predicted molar refractivity (Wildman–Crippen MR) is 120 cm³/mol. The second-order valence-electron chi connectivity index (χ2n) is 7.35. The molecule has 0 radical (unpaired) electrons. The second-order valence-corrected chi connectivity index (χ2v) is 9.16. The molecule has 3 aromatic carbocycles. The topological polar surface area (TPSA) is 101 Å². The number of hydrogen-bond donors (Lipinski definition) is 0. The van der Waals surface area contributed by atoms with Gasteiger partial charge in [0.15, 0.2) is 0 Å². The van der Waals surface area contributed by atoms with Crippen LogP contribution in [0.1, 0.15) is 35.4 Å². The van der Waals surface area contributed by atoms with Gasteiger partial charge in [-0.1, -0.05) is 43.3 Å². The van der Waals surface area contributed by atoms with E-state index in [-0.39, 0.29) is 16.5 Å². The van der Waals surface area contributed by atoms with E-state index in [4.69, 9.17) is 0 Å². The summed E-state index contributed by atoms with van der Waals surface area (Å²) in [5.41, 5.74) is 1.25. The fourth-order valence-electron chi connectivity index (χ4n) is 3.91. The highest BCUT2D eigenvalue weighted by Crippen LogP contribution is 2.41. The van der Waals surface area contributed by atoms with Gasteiger partial charge in [-0.15, -0.1) is 0 Å². The van der Waals surface area contributed by atoms with Crippen LogP contribution in [-0.2, 0) is 10.0 Å². The van der Waals surface area contributed by atoms with Crippen molar-refractivity contribution in [3.63, 3.8) is 0 Å². The van der Waals surface area contributed by atoms with Crippen LogP contribution in [0.25, 0.3) is 0 Å². The van der Waals surface area contributed by atoms with Crippen LogP contribution in [-0.4, -0.2) is 30.7 Å². The fraction of sp³-hybridized carbons (Fsp3) is 0.174. The second kappa shape index (κ2) is 8.43. The zero-order valence-electron chi connectivity index (χ0n) is 17.3. The molecule has 0 saturated heterocycles. The van der Waals surface area contributed by atoms with Crippen LogP contribution in [0.5, 0.6) is 0 Å². The lowest BCUT2D eigenvalue weighted by molar-refractivity contribution is -0.384. The minimum absolute atomic E-state index is 0.0970. The molecule has 0 fully saturated rings. The zero-order chi connectivity index (χ0) is 22.9. The predicted octanol–water partition coefficient (Wildman–Crippen LogP) is 4.35. The summed E-state index contributed by atoms with van der Waals surface area (Å²) >= 11 is 0. The average Bonchev–Trinajstić information content (AvgIpc) is 3.07. The number of carbonyl (C=O) groups is 1. The lowest BCUT2D eigenvalue weighted by Crippen LogP contribution is -2.43. The van der Waals surface area contributed by atoms with E-state index in [1.54, 1.807) is 59.5 Å². The summed E-state index contributed by atoms with van der Waals surface area (Å²) in [6, 6.07) is 20.3. The molecule has 0 bridgehead atoms. The SMILES string of the molecule is CCCN1C(=O)c2ccccc2C1N(c1ccccc1)S(=O)(=O)c1ccc([N+](=O)[O-])cc1. The Kier molecular flexibility index (Phi) is 5.67. The van der Waals surface area contributed by atoms with E-state index in [2.05, 4.69) is 0 Å². The summed E-state index contributed by atoms with van der Waals surface area (Å²) in [5, 5.41) is 11.0. The number of para-hydroxylation sites is 1. The molecule has 0 aromatic heterocycles. The van der Waals surface area contributed by atoms with Gasteiger partial charge in [-0.25, -0.2) is 12.7 Å². The molecule has 32 heavy (non-hydrogen) atoms. The molecule has 1 unspecified atom stereocenters. The van der Waals surface area contributed by atoms with Gasteiger partial charge < -0.3 is 4.90 Å². The molecule has 1 heterocycles. The van der Waals surface area contributed by atoms with Crippen molar-refractivity contribution in [3.05, 3.63) is 100 Å². The Morgan fingerprint density at radius 1 is 0.969 bits per heavy atom. The van der Waals surface area contributed by atoms with Crippen LogP contribution in [0.15, 0.2) is 83.8 Å². The first-order valence-electron chi connectivity index (χ1n) is 10.1. The number of fused-ring (bicyclic) bond motifs is 1. The number of hydrogen-bond acceptors (Lipinski definition) is 5. The maximum atomic E-state index is 13.9. The summed E-state index contributed by atoms with van der Waals surface area (Å²) in [6.45, 7) is 2.29. The summed E-state index contributed by atoms with van der Waals surface area (Å²) in [5.74, 6) is -0.229. The Morgan fingerprint density at radius 3 is 2.22 bits per heavy atom. The van der Waals surface area contributed by atoms with Gasteiger partial charge in [-0.3, -0.25) is 14.9 Å². The average molecular weight is 452 g/mol. The van der Waals surface area contributed by atoms with Crippen molar-refractivity contribution >= 4 is 27.3 Å². The van der Waals surface area contributed by atoms with Gasteiger partial charge in [0.2, 0.25) is 0 Å². The standard InChI is InChI=1S/C23H21N3O5S/c1-2-16-24-22(20-10-6-7-11-21(20)23(24)27)25(17-8-4-3-5-9-17)32(30,31)19-14-12-18(13-15-19)26(28)29/h3-15,22H,2,16H2,1H3. The lowest BCUT2D eigenvalue weighted by atomic mass is 10.1. The molecule has 9 heteroatoms. The van der Waals surface area contributed by atoms with Crippen LogP contribution >= 0.6 is 0 Å². The van der Waals surface area contributed by atoms with Crippen molar-refractivity contribution in [1.82, 2.24) is 4.90 Å². The maximum absolute atomic E-state index is 13.9. The Labute approximate surface area is 185 Å². The molecule has 1 atom stereocenters. The third-order valence-corrected chi connectivity index (χ3v) is 7.12. The largest absolute Gasteiger partial charge is 0.313 e. The van der Waals surface area contributed by atoms with Crippen molar-refractivity contribution in [2.45, 2.75) is 24.4 Å². The first kappa shape index (κ1) is 21.5. The number of amides is 1. The van der Waals surface area contributed by atoms with E-state index >= 15 is 0 Å². The van der Waals surface area contributed by atoms with Gasteiger partial charge in [-0.05, 0) is 36.8 Å². The smallest absolute Gasteiger partial charge is 0.269 e. The van der Waals surface area contributed by atoms with E-state index in [0.717, 1.165) is 12.1 Å². The van der Waals surface area contributed by atoms with Crippen LogP contribution in [0.3, 0.4) is 0 Å². The van der Waals surface area contributed by atoms with E-state index in [1.807, 2.05) is 6.92 Å². The van der Waals surface area contributed by atoms with Crippen molar-refractivity contribution in [3.8, 4) is 0 Å². The Balaban J connectivity index is 1.92. The molecule has 4 rings (SSSR count). The third-order valence-electron chi connectivity index (χ3n) is 5.33. The van der Waals surface area contributed by atoms with Crippen molar-refractivity contribution in [2.75, 3.05) is 10.8 Å². The normalized spacial score (nSPS) is 15.5. The third kappa shape index (κ3) is 3.60. The summed E-state index contributed by atoms with van der Waals surface area (Å²) in [7, 11) is -4.18. The molecular formula is C23H21N3O5S. The van der Waals surface area contributed by atoms with Crippen molar-refractivity contribution < 1.29 is 18.1 Å². The molecule has 0 aliphatic carbocycles. The number of nitro groups is 1. The Hall–Kier alpha value is -3.72. The number of non-ortho nitro benzene ring substituents is 1. The first-order valence-corrected chi connectivity index (χ1v) is 11.5. The van der Waals surface area contributed by atoms with E-state index in [1.165, 1.54) is 16.4 Å². The highest BCUT2D eigenvalue weighted by atomic mass is 32.2. The van der Waals surface area contributed by atoms with Gasteiger partial charge in [0.05, 0.1) is 15.5 Å². The monoisotopic (exact) mass is 451 g/mol. The van der Waals surface area contributed by atoms with Gasteiger partial charge in [0, 0.05) is 29.8 Å². The molecule has 8 nitrogen and oxygen atoms in total. The molecular weight excluding hydrogens is 430 g/mol. The van der Waals surface area contributed by atoms with Crippen LogP contribution in [0.4, 0.5) is 11.4 Å². The van der Waals surface area contributed by atoms with E-state index in [9.17, 15) is 23.3 Å². The first-order chi connectivity index (χ1) is 15.4. The fourth-order valence-corrected chi connectivity index (χ4v) is 5.50. The van der Waals surface area contributed by atoms with Crippen molar-refractivity contribution in [2.24, 2.45) is 0 Å². The summed E-state index contributed by atoms with van der Waals surface area (Å²) in [6.07, 6.45) is -0.225. The summed E-state index contributed by atoms with van der Waals surface area (Å²) in [4.78, 5) is 25.0. The number of nitro benzene ring substituents is 1. The minimum atomic E-state index is -4.18. The number of rotatable bonds is 7. The van der Waals surface area contributed by atoms with Gasteiger partial charge in [0.25, 0.3) is 21.6 Å². The highest BCUT2D eigenvalue weighted by molar-refractivity contribution is 7.92. The zero-order valence-corrected chi connectivity index (χ0v) is 18.1. The summed E-state index contributed by atoms with van der Waals surface area (Å²) < 4.78 is 29.0. The Morgan fingerprint density at radius 2 is 1.59 bits per heavy atom. The number of benzene rings is 3. The number of nitrogens with zero attached hydrogens (tertiary/aromatic N) is 3. The molecule has 0 spiro atoms. The van der Waals surface area contributed by atoms with Gasteiger partial charge >= 0.3 is 0 Å². The highest BCUT2D eigenvalue weighted by Gasteiger charge is 2.44. The molecule has 1 aliphatic heterocycles. The maximum Gasteiger partial charge on any atom is 0.269 e. The number of carbonyl (C=O) groups excluding carboxylic acids is 1. The van der Waals surface area contributed by atoms with Crippen LogP contribution < -0.4 is 4.31 Å².